The Morgan fingerprint density at radius 3 is 2.18 bits per heavy atom. The first-order valence-corrected chi connectivity index (χ1v) is 17.2. The van der Waals surface area contributed by atoms with E-state index in [1.54, 1.807) is 54.2 Å². The Morgan fingerprint density at radius 1 is 0.939 bits per heavy atom. The summed E-state index contributed by atoms with van der Waals surface area (Å²) in [5.41, 5.74) is 2.36. The molecule has 2 amide bonds. The molecule has 4 rings (SSSR count). The molecule has 6 atom stereocenters. The number of aliphatic carboxylic acids is 1. The second kappa shape index (κ2) is 17.9. The van der Waals surface area contributed by atoms with Crippen LogP contribution in [0.5, 0.6) is 0 Å². The van der Waals surface area contributed by atoms with Crippen LogP contribution in [0.25, 0.3) is 11.1 Å². The lowest BCUT2D eigenvalue weighted by Crippen LogP contribution is -2.68. The molecule has 1 fully saturated rings. The monoisotopic (exact) mass is 694 g/mol. The standard InChI is InChI=1S/C36H42N2O10S/c1-3-49-20-10-19-46-36(35(44)45)21-29(47-34(43)27-13-8-5-9-14-27)30(38-23(2)39)32(48-36)31(41)28(40)22-37-33(42)26-17-15-25(16-18-26)24-11-6-4-7-12-24/h4-9,11-18,28-32,40-41H,3,10,19-22H2,1-2H3,(H,37,42)(H,38,39)(H,44,45)/t28-,29?,30-,31?,32-,36-/m1/s1. The van der Waals surface area contributed by atoms with Gasteiger partial charge in [0.25, 0.3) is 11.7 Å². The molecule has 1 heterocycles. The maximum atomic E-state index is 13.2. The van der Waals surface area contributed by atoms with Gasteiger partial charge < -0.3 is 40.2 Å². The van der Waals surface area contributed by atoms with E-state index in [1.165, 1.54) is 19.1 Å². The maximum absolute atomic E-state index is 13.2. The van der Waals surface area contributed by atoms with E-state index in [0.717, 1.165) is 16.9 Å². The van der Waals surface area contributed by atoms with E-state index >= 15 is 0 Å². The van der Waals surface area contributed by atoms with Crippen LogP contribution in [0.3, 0.4) is 0 Å². The largest absolute Gasteiger partial charge is 0.477 e. The van der Waals surface area contributed by atoms with E-state index < -0.39 is 73.0 Å². The predicted octanol–water partition coefficient (Wildman–Crippen LogP) is 3.27. The molecule has 5 N–H and O–H groups in total. The highest BCUT2D eigenvalue weighted by Crippen LogP contribution is 2.35. The molecule has 1 aliphatic heterocycles. The van der Waals surface area contributed by atoms with Gasteiger partial charge in [-0.05, 0) is 53.3 Å². The van der Waals surface area contributed by atoms with E-state index in [9.17, 15) is 34.5 Å². The summed E-state index contributed by atoms with van der Waals surface area (Å²) in [7, 11) is 0. The number of rotatable bonds is 16. The molecule has 13 heteroatoms. The molecule has 2 unspecified atom stereocenters. The fourth-order valence-corrected chi connectivity index (χ4v) is 6.06. The molecular formula is C36H42N2O10S. The van der Waals surface area contributed by atoms with Gasteiger partial charge in [-0.25, -0.2) is 9.59 Å². The summed E-state index contributed by atoms with van der Waals surface area (Å²) in [6, 6.07) is 23.1. The minimum absolute atomic E-state index is 0.0338. The summed E-state index contributed by atoms with van der Waals surface area (Å²) in [5, 5.41) is 38.0. The van der Waals surface area contributed by atoms with Crippen molar-refractivity contribution < 1.29 is 48.7 Å². The third kappa shape index (κ3) is 10.1. The van der Waals surface area contributed by atoms with Gasteiger partial charge in [0.05, 0.1) is 30.7 Å². The highest BCUT2D eigenvalue weighted by Gasteiger charge is 2.57. The molecule has 0 aromatic heterocycles. The van der Waals surface area contributed by atoms with Crippen molar-refractivity contribution in [2.45, 2.75) is 62.9 Å². The number of nitrogens with one attached hydrogen (secondary N) is 2. The molecule has 1 saturated heterocycles. The SMILES string of the molecule is CCSCCCO[C@]1(C(=O)O)CC(OC(=O)c2ccccc2)[C@@H](NC(C)=O)[C@H](C(O)[C@H](O)CNC(=O)c2ccc(-c3ccccc3)cc2)O1. The number of aliphatic hydroxyl groups is 2. The summed E-state index contributed by atoms with van der Waals surface area (Å²) in [6.07, 6.45) is -6.64. The van der Waals surface area contributed by atoms with Crippen molar-refractivity contribution in [3.63, 3.8) is 0 Å². The van der Waals surface area contributed by atoms with Gasteiger partial charge in [0.15, 0.2) is 0 Å². The molecule has 3 aromatic carbocycles. The summed E-state index contributed by atoms with van der Waals surface area (Å²) in [4.78, 5) is 51.2. The van der Waals surface area contributed by atoms with Crippen molar-refractivity contribution in [1.29, 1.82) is 0 Å². The lowest BCUT2D eigenvalue weighted by Gasteiger charge is -2.47. The van der Waals surface area contributed by atoms with Crippen molar-refractivity contribution >= 4 is 35.5 Å². The first kappa shape index (κ1) is 37.5. The van der Waals surface area contributed by atoms with Crippen LogP contribution >= 0.6 is 11.8 Å². The normalized spacial score (nSPS) is 21.6. The van der Waals surface area contributed by atoms with E-state index in [2.05, 4.69) is 10.6 Å². The average molecular weight is 695 g/mol. The quantitative estimate of drug-likeness (QED) is 0.110. The van der Waals surface area contributed by atoms with Gasteiger partial charge in [0.1, 0.15) is 18.3 Å². The molecular weight excluding hydrogens is 652 g/mol. The number of thioether (sulfide) groups is 1. The van der Waals surface area contributed by atoms with Crippen LogP contribution in [-0.4, -0.2) is 100.0 Å². The zero-order valence-corrected chi connectivity index (χ0v) is 28.1. The Bertz CT molecular complexity index is 1540. The highest BCUT2D eigenvalue weighted by molar-refractivity contribution is 7.99. The topological polar surface area (TPSA) is 181 Å². The Morgan fingerprint density at radius 2 is 1.57 bits per heavy atom. The number of hydrogen-bond donors (Lipinski definition) is 5. The molecule has 3 aromatic rings. The molecule has 0 spiro atoms. The second-order valence-corrected chi connectivity index (χ2v) is 12.9. The Balaban J connectivity index is 1.55. The van der Waals surface area contributed by atoms with Crippen molar-refractivity contribution in [3.05, 3.63) is 96.1 Å². The first-order chi connectivity index (χ1) is 23.5. The molecule has 12 nitrogen and oxygen atoms in total. The van der Waals surface area contributed by atoms with E-state index in [4.69, 9.17) is 14.2 Å². The van der Waals surface area contributed by atoms with Crippen LogP contribution in [-0.2, 0) is 23.8 Å². The predicted molar refractivity (Wildman–Crippen MR) is 183 cm³/mol. The fraction of sp³-hybridized carbons (Fsp3) is 0.389. The number of aliphatic hydroxyl groups excluding tert-OH is 2. The van der Waals surface area contributed by atoms with Gasteiger partial charge in [0, 0.05) is 19.0 Å². The van der Waals surface area contributed by atoms with Gasteiger partial charge >= 0.3 is 11.9 Å². The number of carbonyl (C=O) groups is 4. The van der Waals surface area contributed by atoms with Gasteiger partial charge in [-0.2, -0.15) is 11.8 Å². The van der Waals surface area contributed by atoms with Crippen LogP contribution in [0.1, 0.15) is 47.4 Å². The Kier molecular flexibility index (Phi) is 13.7. The number of ether oxygens (including phenoxy) is 3. The van der Waals surface area contributed by atoms with Gasteiger partial charge in [-0.1, -0.05) is 67.6 Å². The average Bonchev–Trinajstić information content (AvgIpc) is 3.11. The number of amides is 2. The summed E-state index contributed by atoms with van der Waals surface area (Å²) in [6.45, 7) is 2.69. The smallest absolute Gasteiger partial charge is 0.364 e. The third-order valence-electron chi connectivity index (χ3n) is 7.94. The summed E-state index contributed by atoms with van der Waals surface area (Å²) in [5.74, 6) is -4.32. The second-order valence-electron chi connectivity index (χ2n) is 11.5. The molecule has 49 heavy (non-hydrogen) atoms. The molecule has 0 saturated carbocycles. The third-order valence-corrected chi connectivity index (χ3v) is 8.93. The molecule has 0 radical (unpaired) electrons. The van der Waals surface area contributed by atoms with Crippen molar-refractivity contribution in [1.82, 2.24) is 10.6 Å². The van der Waals surface area contributed by atoms with E-state index in [1.807, 2.05) is 37.3 Å². The number of hydrogen-bond acceptors (Lipinski definition) is 10. The molecule has 0 bridgehead atoms. The molecule has 0 aliphatic carbocycles. The highest BCUT2D eigenvalue weighted by atomic mass is 32.2. The summed E-state index contributed by atoms with van der Waals surface area (Å²) < 4.78 is 17.5. The van der Waals surface area contributed by atoms with Crippen LogP contribution in [0.2, 0.25) is 0 Å². The van der Waals surface area contributed by atoms with Crippen LogP contribution in [0.15, 0.2) is 84.9 Å². The minimum Gasteiger partial charge on any atom is -0.477 e. The molecule has 262 valence electrons. The number of carboxylic acid groups (broad SMARTS) is 1. The Labute approximate surface area is 289 Å². The van der Waals surface area contributed by atoms with E-state index in [-0.39, 0.29) is 12.2 Å². The van der Waals surface area contributed by atoms with Crippen molar-refractivity contribution in [3.8, 4) is 11.1 Å². The lowest BCUT2D eigenvalue weighted by molar-refractivity contribution is -0.310. The van der Waals surface area contributed by atoms with Crippen molar-refractivity contribution in [2.24, 2.45) is 0 Å². The van der Waals surface area contributed by atoms with Crippen LogP contribution in [0.4, 0.5) is 0 Å². The zero-order valence-electron chi connectivity index (χ0n) is 27.3. The fourth-order valence-electron chi connectivity index (χ4n) is 5.45. The lowest BCUT2D eigenvalue weighted by atomic mass is 9.88. The zero-order chi connectivity index (χ0) is 35.4. The van der Waals surface area contributed by atoms with Crippen molar-refractivity contribution in [2.75, 3.05) is 24.7 Å². The Hall–Kier alpha value is -4.27. The van der Waals surface area contributed by atoms with Crippen LogP contribution in [0, 0.1) is 0 Å². The number of carboxylic acids is 1. The van der Waals surface area contributed by atoms with Gasteiger partial charge in [-0.15, -0.1) is 0 Å². The van der Waals surface area contributed by atoms with E-state index in [0.29, 0.717) is 17.7 Å². The number of carbonyl (C=O) groups excluding carboxylic acids is 3. The van der Waals surface area contributed by atoms with Gasteiger partial charge in [0.2, 0.25) is 5.91 Å². The first-order valence-electron chi connectivity index (χ1n) is 16.0. The maximum Gasteiger partial charge on any atom is 0.364 e. The van der Waals surface area contributed by atoms with Crippen LogP contribution < -0.4 is 10.6 Å². The summed E-state index contributed by atoms with van der Waals surface area (Å²) >= 11 is 1.64. The number of esters is 1. The molecule has 1 aliphatic rings. The number of benzene rings is 3. The van der Waals surface area contributed by atoms with Gasteiger partial charge in [-0.3, -0.25) is 9.59 Å². The minimum atomic E-state index is -2.40.